The Morgan fingerprint density at radius 1 is 0.857 bits per heavy atom. The molecule has 144 valence electrons. The molecule has 0 atom stereocenters. The molecule has 0 amide bonds. The predicted octanol–water partition coefficient (Wildman–Crippen LogP) is 5.44. The molecule has 3 rings (SSSR count). The maximum Gasteiger partial charge on any atom is 0.331 e. The lowest BCUT2D eigenvalue weighted by molar-refractivity contribution is -0.140. The number of carbonyl (C=O) groups is 1. The first kappa shape index (κ1) is 19.8. The summed E-state index contributed by atoms with van der Waals surface area (Å²) in [6.07, 6.45) is 0. The van der Waals surface area contributed by atoms with E-state index in [0.29, 0.717) is 12.3 Å². The topological polar surface area (TPSA) is 38.3 Å². The minimum Gasteiger partial charge on any atom is -0.425 e. The van der Waals surface area contributed by atoms with E-state index >= 15 is 0 Å². The number of esters is 1. The smallest absolute Gasteiger partial charge is 0.331 e. The summed E-state index contributed by atoms with van der Waals surface area (Å²) in [5, 5.41) is 3.29. The molecule has 0 saturated carbocycles. The zero-order chi connectivity index (χ0) is 20.1. The van der Waals surface area contributed by atoms with Gasteiger partial charge in [-0.05, 0) is 56.5 Å². The number of nitrogens with one attached hydrogen (secondary N) is 1. The van der Waals surface area contributed by atoms with E-state index in [-0.39, 0.29) is 5.97 Å². The van der Waals surface area contributed by atoms with E-state index in [1.165, 1.54) is 11.1 Å². The van der Waals surface area contributed by atoms with Crippen molar-refractivity contribution in [3.8, 4) is 16.9 Å². The van der Waals surface area contributed by atoms with Crippen LogP contribution in [0.4, 0.5) is 0 Å². The van der Waals surface area contributed by atoms with E-state index in [1.807, 2.05) is 38.1 Å². The largest absolute Gasteiger partial charge is 0.425 e. The molecule has 1 N–H and O–H groups in total. The number of carbonyl (C=O) groups excluding carboxylic acids is 1. The monoisotopic (exact) mass is 373 g/mol. The van der Waals surface area contributed by atoms with Crippen LogP contribution in [0.1, 0.15) is 30.5 Å². The summed E-state index contributed by atoms with van der Waals surface area (Å²) in [6.45, 7) is 8.41. The van der Waals surface area contributed by atoms with Crippen LogP contribution in [0.3, 0.4) is 0 Å². The number of rotatable bonds is 6. The summed E-state index contributed by atoms with van der Waals surface area (Å²) in [5.74, 6) is 0.244. The predicted molar refractivity (Wildman–Crippen MR) is 114 cm³/mol. The van der Waals surface area contributed by atoms with Gasteiger partial charge in [-0.25, -0.2) is 4.79 Å². The molecule has 0 saturated heterocycles. The highest BCUT2D eigenvalue weighted by atomic mass is 16.5. The Hall–Kier alpha value is -2.91. The van der Waals surface area contributed by atoms with Gasteiger partial charge in [0.15, 0.2) is 0 Å². The van der Waals surface area contributed by atoms with Gasteiger partial charge < -0.3 is 4.74 Å². The molecule has 28 heavy (non-hydrogen) atoms. The maximum atomic E-state index is 12.7. The van der Waals surface area contributed by atoms with Crippen LogP contribution in [0, 0.1) is 13.8 Å². The summed E-state index contributed by atoms with van der Waals surface area (Å²) in [7, 11) is 0. The minimum atomic E-state index is -0.801. The summed E-state index contributed by atoms with van der Waals surface area (Å²) in [4.78, 5) is 12.7. The fourth-order valence-electron chi connectivity index (χ4n) is 2.82. The average Bonchev–Trinajstić information content (AvgIpc) is 2.68. The molecule has 0 unspecified atom stereocenters. The third-order valence-electron chi connectivity index (χ3n) is 4.79. The van der Waals surface area contributed by atoms with E-state index in [9.17, 15) is 4.79 Å². The zero-order valence-corrected chi connectivity index (χ0v) is 17.0. The first-order chi connectivity index (χ1) is 13.3. The van der Waals surface area contributed by atoms with Crippen LogP contribution in [-0.4, -0.2) is 11.5 Å². The summed E-state index contributed by atoms with van der Waals surface area (Å²) in [6, 6.07) is 24.2. The van der Waals surface area contributed by atoms with Crippen molar-refractivity contribution < 1.29 is 9.53 Å². The van der Waals surface area contributed by atoms with Gasteiger partial charge in [-0.2, -0.15) is 0 Å². The van der Waals surface area contributed by atoms with Gasteiger partial charge in [0.05, 0.1) is 0 Å². The number of aryl methyl sites for hydroxylation is 2. The molecule has 0 aliphatic heterocycles. The van der Waals surface area contributed by atoms with Crippen molar-refractivity contribution in [3.63, 3.8) is 0 Å². The Balaban J connectivity index is 1.66. The molecule has 0 fully saturated rings. The van der Waals surface area contributed by atoms with Gasteiger partial charge in [-0.1, -0.05) is 71.8 Å². The maximum absolute atomic E-state index is 12.7. The SMILES string of the molecule is Cc1ccc(CNC(C)(C)C(=O)Oc2cccc(-c3ccc(C)cc3)c2)cc1. The molecule has 0 aromatic heterocycles. The van der Waals surface area contributed by atoms with Crippen molar-refractivity contribution in [1.29, 1.82) is 0 Å². The first-order valence-electron chi connectivity index (χ1n) is 9.53. The normalized spacial score (nSPS) is 11.3. The van der Waals surface area contributed by atoms with E-state index in [2.05, 4.69) is 67.7 Å². The van der Waals surface area contributed by atoms with Crippen molar-refractivity contribution >= 4 is 5.97 Å². The highest BCUT2D eigenvalue weighted by Gasteiger charge is 2.29. The number of benzene rings is 3. The molecule has 0 bridgehead atoms. The average molecular weight is 373 g/mol. The van der Waals surface area contributed by atoms with Crippen molar-refractivity contribution in [2.75, 3.05) is 0 Å². The second-order valence-corrected chi connectivity index (χ2v) is 7.75. The molecule has 0 aliphatic carbocycles. The van der Waals surface area contributed by atoms with Gasteiger partial charge >= 0.3 is 5.97 Å². The number of ether oxygens (including phenoxy) is 1. The van der Waals surface area contributed by atoms with Crippen LogP contribution < -0.4 is 10.1 Å². The van der Waals surface area contributed by atoms with Gasteiger partial charge in [-0.3, -0.25) is 5.32 Å². The van der Waals surface area contributed by atoms with Crippen LogP contribution in [0.25, 0.3) is 11.1 Å². The number of hydrogen-bond acceptors (Lipinski definition) is 3. The second-order valence-electron chi connectivity index (χ2n) is 7.75. The number of hydrogen-bond donors (Lipinski definition) is 1. The highest BCUT2D eigenvalue weighted by Crippen LogP contribution is 2.25. The highest BCUT2D eigenvalue weighted by molar-refractivity contribution is 5.82. The molecule has 0 aliphatic rings. The standard InChI is InChI=1S/C25H27NO2/c1-18-8-12-20(13-9-18)17-26-25(3,4)24(27)28-23-7-5-6-22(16-23)21-14-10-19(2)11-15-21/h5-16,26H,17H2,1-4H3. The van der Waals surface area contributed by atoms with Crippen LogP contribution in [0.5, 0.6) is 5.75 Å². The Bertz CT molecular complexity index is 941. The fraction of sp³-hybridized carbons (Fsp3) is 0.240. The van der Waals surface area contributed by atoms with Crippen molar-refractivity contribution in [2.45, 2.75) is 39.8 Å². The molecule has 0 radical (unpaired) electrons. The lowest BCUT2D eigenvalue weighted by atomic mass is 10.0. The molecule has 3 heteroatoms. The fourth-order valence-corrected chi connectivity index (χ4v) is 2.82. The summed E-state index contributed by atoms with van der Waals surface area (Å²) >= 11 is 0. The molecular formula is C25H27NO2. The molecule has 0 heterocycles. The van der Waals surface area contributed by atoms with Crippen molar-refractivity contribution in [2.24, 2.45) is 0 Å². The first-order valence-corrected chi connectivity index (χ1v) is 9.53. The zero-order valence-electron chi connectivity index (χ0n) is 17.0. The lowest BCUT2D eigenvalue weighted by Crippen LogP contribution is -2.48. The third kappa shape index (κ3) is 5.08. The van der Waals surface area contributed by atoms with Gasteiger partial charge in [0.2, 0.25) is 0 Å². The molecular weight excluding hydrogens is 346 g/mol. The van der Waals surface area contributed by atoms with Crippen LogP contribution in [0.15, 0.2) is 72.8 Å². The molecule has 0 spiro atoms. The Morgan fingerprint density at radius 2 is 1.46 bits per heavy atom. The van der Waals surface area contributed by atoms with Crippen LogP contribution in [0.2, 0.25) is 0 Å². The Kier molecular flexibility index (Phi) is 5.96. The van der Waals surface area contributed by atoms with Crippen LogP contribution in [-0.2, 0) is 11.3 Å². The van der Waals surface area contributed by atoms with Crippen molar-refractivity contribution in [1.82, 2.24) is 5.32 Å². The van der Waals surface area contributed by atoms with Gasteiger partial charge in [0, 0.05) is 6.54 Å². The van der Waals surface area contributed by atoms with Gasteiger partial charge in [-0.15, -0.1) is 0 Å². The molecule has 3 aromatic rings. The van der Waals surface area contributed by atoms with E-state index in [0.717, 1.165) is 16.7 Å². The van der Waals surface area contributed by atoms with E-state index in [1.54, 1.807) is 0 Å². The van der Waals surface area contributed by atoms with E-state index < -0.39 is 5.54 Å². The Labute approximate surface area is 167 Å². The Morgan fingerprint density at radius 3 is 2.11 bits per heavy atom. The molecule has 3 aromatic carbocycles. The second kappa shape index (κ2) is 8.41. The van der Waals surface area contributed by atoms with Gasteiger partial charge in [0.1, 0.15) is 11.3 Å². The summed E-state index contributed by atoms with van der Waals surface area (Å²) < 4.78 is 5.67. The summed E-state index contributed by atoms with van der Waals surface area (Å²) in [5.41, 5.74) is 4.89. The van der Waals surface area contributed by atoms with Gasteiger partial charge in [0.25, 0.3) is 0 Å². The minimum absolute atomic E-state index is 0.305. The lowest BCUT2D eigenvalue weighted by Gasteiger charge is -2.24. The third-order valence-corrected chi connectivity index (χ3v) is 4.79. The van der Waals surface area contributed by atoms with Crippen LogP contribution >= 0.6 is 0 Å². The quantitative estimate of drug-likeness (QED) is 0.461. The van der Waals surface area contributed by atoms with Crippen molar-refractivity contribution in [3.05, 3.63) is 89.5 Å². The van der Waals surface area contributed by atoms with E-state index in [4.69, 9.17) is 4.74 Å². The molecule has 3 nitrogen and oxygen atoms in total.